The quantitative estimate of drug-likeness (QED) is 0.0599. The number of nitro groups is 1. The van der Waals surface area contributed by atoms with Crippen LogP contribution in [0, 0.1) is 33.3 Å². The van der Waals surface area contributed by atoms with E-state index in [4.69, 9.17) is 67.3 Å². The van der Waals surface area contributed by atoms with Crippen LogP contribution in [0.1, 0.15) is 30.7 Å². The number of halogens is 2. The molecule has 3 fully saturated rings. The first-order valence-corrected chi connectivity index (χ1v) is 24.2. The summed E-state index contributed by atoms with van der Waals surface area (Å²) in [6, 6.07) is 7.86. The lowest BCUT2D eigenvalue weighted by Crippen LogP contribution is -2.43. The molecule has 1 saturated carbocycles. The van der Waals surface area contributed by atoms with Gasteiger partial charge in [-0.3, -0.25) is 23.6 Å². The average molecular weight is 936 g/mol. The summed E-state index contributed by atoms with van der Waals surface area (Å²) in [7, 11) is 0. The van der Waals surface area contributed by atoms with Gasteiger partial charge < -0.3 is 37.0 Å². The molecule has 0 bridgehead atoms. The van der Waals surface area contributed by atoms with Crippen molar-refractivity contribution < 1.29 is 46.3 Å². The summed E-state index contributed by atoms with van der Waals surface area (Å²) in [4.78, 5) is 47.9. The van der Waals surface area contributed by atoms with E-state index < -0.39 is 49.6 Å². The van der Waals surface area contributed by atoms with E-state index in [0.29, 0.717) is 29.7 Å². The summed E-state index contributed by atoms with van der Waals surface area (Å²) in [6.07, 6.45) is 2.17. The number of hydrogen-bond donors (Lipinski definition) is 1. The van der Waals surface area contributed by atoms with E-state index in [2.05, 4.69) is 29.9 Å². The molecule has 2 saturated heterocycles. The highest BCUT2D eigenvalue weighted by Gasteiger charge is 2.52. The van der Waals surface area contributed by atoms with Gasteiger partial charge in [0.05, 0.1) is 63.1 Å². The number of non-ortho nitro benzene ring substituents is 1. The number of fused-ring (bicyclic) bond motifs is 6. The number of nitriles is 1. The summed E-state index contributed by atoms with van der Waals surface area (Å²) in [5, 5.41) is 20.5. The Balaban J connectivity index is 0.985. The fourth-order valence-electron chi connectivity index (χ4n) is 7.57. The number of nitro benzene ring substituents is 1. The van der Waals surface area contributed by atoms with Crippen molar-refractivity contribution in [1.29, 1.82) is 5.26 Å². The Bertz CT molecular complexity index is 2760. The molecule has 21 nitrogen and oxygen atoms in total. The van der Waals surface area contributed by atoms with Crippen LogP contribution in [-0.2, 0) is 57.4 Å². The zero-order valence-corrected chi connectivity index (χ0v) is 35.6. The summed E-state index contributed by atoms with van der Waals surface area (Å²) in [5.41, 5.74) is 2.26. The molecule has 0 amide bonds. The van der Waals surface area contributed by atoms with Gasteiger partial charge in [0.25, 0.3) is 5.69 Å². The number of nitrogens with zero attached hydrogens (tertiary/aromatic N) is 11. The van der Waals surface area contributed by atoms with Crippen LogP contribution < -0.4 is 4.74 Å². The normalized spacial score (nSPS) is 29.5. The summed E-state index contributed by atoms with van der Waals surface area (Å²) in [5.74, 6) is -0.230. The molecule has 6 aromatic rings. The SMILES string of the molecule is N#CCCOP1(=S)OC[C@H]2C[C@@H](n3cnc4c(Cl)ncnc43)[C@@H]2COP(O)(=S)OC[C@H]2O[C@@H](n3cnc4c(OCCc5ccc([N+](=O)[O-])cc5)nc5nccn5c43)[C@H](F)[C@@H]2O1. The summed E-state index contributed by atoms with van der Waals surface area (Å²) < 4.78 is 64.6. The maximum absolute atomic E-state index is 17.2. The monoisotopic (exact) mass is 935 g/mol. The molecule has 2 aliphatic heterocycles. The van der Waals surface area contributed by atoms with Gasteiger partial charge in [0, 0.05) is 42.9 Å². The lowest BCUT2D eigenvalue weighted by atomic mass is 9.70. The minimum Gasteiger partial charge on any atom is -0.476 e. The van der Waals surface area contributed by atoms with Crippen molar-refractivity contribution in [2.45, 2.75) is 49.9 Å². The van der Waals surface area contributed by atoms with Gasteiger partial charge in [-0.2, -0.15) is 10.2 Å². The van der Waals surface area contributed by atoms with Crippen LogP contribution in [0.3, 0.4) is 0 Å². The van der Waals surface area contributed by atoms with Gasteiger partial charge in [0.1, 0.15) is 24.1 Å². The van der Waals surface area contributed by atoms with Crippen LogP contribution in [0.5, 0.6) is 5.88 Å². The van der Waals surface area contributed by atoms with Gasteiger partial charge >= 0.3 is 13.4 Å². The Labute approximate surface area is 359 Å². The number of ether oxygens (including phenoxy) is 2. The second kappa shape index (κ2) is 17.2. The molecule has 320 valence electrons. The standard InChI is InChI=1S/C34H33ClFN11O10P2S2/c35-29-26-30(40-16-39-29)45(17-41-26)23-12-20-13-55-59(61,52-10-1-7-37)57-28-24(15-54-58(50,60)53-14-22(20)23)56-33(25(28)36)46-18-42-27-31(43-34-38-8-9-44(34)32(27)46)51-11-6-19-2-4-21(5-3-19)47(48)49/h2-5,8-9,16-18,20,22-25,28,33H,1,6,10-15H2,(H,50,60)/t20-,22-,23-,24-,25-,28-,33-,58?,59?/m1/s1. The number of alkyl halides is 1. The molecule has 7 heterocycles. The summed E-state index contributed by atoms with van der Waals surface area (Å²) in [6.45, 7) is -8.33. The molecule has 0 spiro atoms. The second-order valence-corrected chi connectivity index (χ2v) is 20.4. The van der Waals surface area contributed by atoms with Gasteiger partial charge in [-0.05, 0) is 41.5 Å². The molecule has 0 radical (unpaired) electrons. The molecule has 61 heavy (non-hydrogen) atoms. The molecule has 5 aromatic heterocycles. The maximum atomic E-state index is 17.2. The molecule has 1 aromatic carbocycles. The number of aromatic nitrogens is 9. The van der Waals surface area contributed by atoms with Crippen molar-refractivity contribution in [3.05, 3.63) is 76.5 Å². The van der Waals surface area contributed by atoms with Crippen LogP contribution in [0.15, 0.2) is 55.6 Å². The largest absolute Gasteiger partial charge is 0.476 e. The third-order valence-corrected chi connectivity index (χ3v) is 14.9. The third-order valence-electron chi connectivity index (χ3n) is 10.6. The highest BCUT2D eigenvalue weighted by Crippen LogP contribution is 2.58. The number of imidazole rings is 3. The van der Waals surface area contributed by atoms with Crippen LogP contribution >= 0.6 is 25.0 Å². The first-order valence-electron chi connectivity index (χ1n) is 18.7. The van der Waals surface area contributed by atoms with Crippen molar-refractivity contribution in [3.63, 3.8) is 0 Å². The second-order valence-electron chi connectivity index (χ2n) is 14.2. The minimum atomic E-state index is -3.96. The number of hydrogen-bond acceptors (Lipinski definition) is 18. The van der Waals surface area contributed by atoms with Crippen LogP contribution in [0.4, 0.5) is 10.1 Å². The first kappa shape index (κ1) is 42.1. The predicted molar refractivity (Wildman–Crippen MR) is 218 cm³/mol. The number of rotatable bonds is 10. The van der Waals surface area contributed by atoms with Crippen molar-refractivity contribution in [1.82, 2.24) is 43.4 Å². The first-order chi connectivity index (χ1) is 29.4. The van der Waals surface area contributed by atoms with E-state index in [1.165, 1.54) is 35.6 Å². The summed E-state index contributed by atoms with van der Waals surface area (Å²) >= 11 is 17.6. The minimum absolute atomic E-state index is 0.00471. The zero-order chi connectivity index (χ0) is 42.5. The van der Waals surface area contributed by atoms with Crippen molar-refractivity contribution in [2.24, 2.45) is 11.8 Å². The van der Waals surface area contributed by atoms with Crippen LogP contribution in [-0.4, -0.2) is 105 Å². The lowest BCUT2D eigenvalue weighted by Gasteiger charge is -2.45. The third kappa shape index (κ3) is 8.38. The maximum Gasteiger partial charge on any atom is 0.327 e. The highest BCUT2D eigenvalue weighted by atomic mass is 35.5. The predicted octanol–water partition coefficient (Wildman–Crippen LogP) is 5.33. The van der Waals surface area contributed by atoms with E-state index >= 15 is 4.39 Å². The lowest BCUT2D eigenvalue weighted by molar-refractivity contribution is -0.384. The van der Waals surface area contributed by atoms with Gasteiger partial charge in [-0.15, -0.1) is 0 Å². The molecular weight excluding hydrogens is 903 g/mol. The molecule has 1 aliphatic carbocycles. The van der Waals surface area contributed by atoms with E-state index in [-0.39, 0.29) is 78.7 Å². The Hall–Kier alpha value is -4.21. The fourth-order valence-corrected chi connectivity index (χ4v) is 11.0. The van der Waals surface area contributed by atoms with Gasteiger partial charge in [-0.25, -0.2) is 29.3 Å². The Morgan fingerprint density at radius 2 is 1.84 bits per heavy atom. The average Bonchev–Trinajstić information content (AvgIpc) is 4.03. The molecule has 9 rings (SSSR count). The topological polar surface area (TPSA) is 243 Å². The number of benzene rings is 1. The smallest absolute Gasteiger partial charge is 0.327 e. The molecule has 9 atom stereocenters. The molecule has 2 unspecified atom stereocenters. The molecular formula is C34H33ClFN11O10P2S2. The van der Waals surface area contributed by atoms with Crippen LogP contribution in [0.25, 0.3) is 28.1 Å². The van der Waals surface area contributed by atoms with E-state index in [1.54, 1.807) is 29.1 Å². The Morgan fingerprint density at radius 3 is 2.64 bits per heavy atom. The van der Waals surface area contributed by atoms with E-state index in [9.17, 15) is 20.3 Å². The fraction of sp³-hybridized carbons (Fsp3) is 0.441. The molecule has 3 aliphatic rings. The Morgan fingerprint density at radius 1 is 1.05 bits per heavy atom. The van der Waals surface area contributed by atoms with Crippen molar-refractivity contribution in [3.8, 4) is 11.9 Å². The van der Waals surface area contributed by atoms with Crippen LogP contribution in [0.2, 0.25) is 5.15 Å². The molecule has 27 heteroatoms. The van der Waals surface area contributed by atoms with E-state index in [1.807, 2.05) is 10.6 Å². The Kier molecular flexibility index (Phi) is 11.8. The van der Waals surface area contributed by atoms with Gasteiger partial charge in [0.15, 0.2) is 34.4 Å². The molecule has 1 N–H and O–H groups in total. The highest BCUT2D eigenvalue weighted by molar-refractivity contribution is 8.07. The van der Waals surface area contributed by atoms with Gasteiger partial charge in [0.2, 0.25) is 11.7 Å². The van der Waals surface area contributed by atoms with Gasteiger partial charge in [-0.1, -0.05) is 23.7 Å². The van der Waals surface area contributed by atoms with Crippen molar-refractivity contribution in [2.75, 3.05) is 33.0 Å². The van der Waals surface area contributed by atoms with E-state index in [0.717, 1.165) is 5.56 Å². The zero-order valence-electron chi connectivity index (χ0n) is 31.4. The van der Waals surface area contributed by atoms with Crippen molar-refractivity contribution >= 4 is 82.4 Å².